The first-order chi connectivity index (χ1) is 10.8. The molecule has 0 aromatic heterocycles. The molecule has 1 aromatic rings. The zero-order valence-electron chi connectivity index (χ0n) is 12.9. The van der Waals surface area contributed by atoms with E-state index in [-0.39, 0.29) is 0 Å². The molecule has 3 atom stereocenters. The van der Waals surface area contributed by atoms with E-state index in [0.29, 0.717) is 24.6 Å². The summed E-state index contributed by atoms with van der Waals surface area (Å²) in [6.45, 7) is 4.29. The summed E-state index contributed by atoms with van der Waals surface area (Å²) in [5.41, 5.74) is 0. The van der Waals surface area contributed by atoms with Gasteiger partial charge in [-0.25, -0.2) is 0 Å². The Morgan fingerprint density at radius 2 is 2.32 bits per heavy atom. The van der Waals surface area contributed by atoms with Gasteiger partial charge < -0.3 is 20.1 Å². The first-order valence-electron chi connectivity index (χ1n) is 8.26. The Balaban J connectivity index is 1.40. The van der Waals surface area contributed by atoms with E-state index in [1.165, 1.54) is 19.3 Å². The smallest absolute Gasteiger partial charge is 0.120 e. The fourth-order valence-electron chi connectivity index (χ4n) is 3.55. The molecule has 5 heteroatoms. The largest absolute Gasteiger partial charge is 0.492 e. The van der Waals surface area contributed by atoms with Gasteiger partial charge in [0.1, 0.15) is 12.4 Å². The van der Waals surface area contributed by atoms with Crippen molar-refractivity contribution in [3.8, 4) is 5.75 Å². The zero-order chi connectivity index (χ0) is 15.2. The molecule has 1 aliphatic heterocycles. The summed E-state index contributed by atoms with van der Waals surface area (Å²) in [4.78, 5) is 0. The van der Waals surface area contributed by atoms with E-state index in [1.54, 1.807) is 0 Å². The van der Waals surface area contributed by atoms with Crippen LogP contribution in [0.25, 0.3) is 0 Å². The van der Waals surface area contributed by atoms with E-state index in [0.717, 1.165) is 36.5 Å². The van der Waals surface area contributed by atoms with Crippen LogP contribution >= 0.6 is 15.9 Å². The lowest BCUT2D eigenvalue weighted by Crippen LogP contribution is -2.51. The first-order valence-corrected chi connectivity index (χ1v) is 9.05. The highest BCUT2D eigenvalue weighted by atomic mass is 79.9. The van der Waals surface area contributed by atoms with Crippen molar-refractivity contribution in [1.29, 1.82) is 0 Å². The fourth-order valence-corrected chi connectivity index (χ4v) is 3.93. The van der Waals surface area contributed by atoms with Crippen molar-refractivity contribution in [3.63, 3.8) is 0 Å². The second kappa shape index (κ2) is 8.29. The summed E-state index contributed by atoms with van der Waals surface area (Å²) >= 11 is 3.46. The lowest BCUT2D eigenvalue weighted by molar-refractivity contribution is 0.0523. The van der Waals surface area contributed by atoms with E-state index in [9.17, 15) is 0 Å². The maximum atomic E-state index is 5.79. The van der Waals surface area contributed by atoms with Crippen molar-refractivity contribution < 1.29 is 9.47 Å². The lowest BCUT2D eigenvalue weighted by atomic mass is 9.94. The first kappa shape index (κ1) is 16.2. The molecule has 2 aliphatic rings. The maximum Gasteiger partial charge on any atom is 0.120 e. The van der Waals surface area contributed by atoms with Gasteiger partial charge in [0.15, 0.2) is 0 Å². The quantitative estimate of drug-likeness (QED) is 0.757. The molecule has 2 fully saturated rings. The third-order valence-electron chi connectivity index (χ3n) is 4.61. The minimum atomic E-state index is 0.514. The lowest BCUT2D eigenvalue weighted by Gasteiger charge is -2.33. The van der Waals surface area contributed by atoms with Crippen molar-refractivity contribution in [2.24, 2.45) is 5.92 Å². The maximum absolute atomic E-state index is 5.79. The Bertz CT molecular complexity index is 466. The Hall–Kier alpha value is -0.620. The van der Waals surface area contributed by atoms with Gasteiger partial charge in [0.2, 0.25) is 0 Å². The Labute approximate surface area is 141 Å². The third-order valence-corrected chi connectivity index (χ3v) is 5.10. The van der Waals surface area contributed by atoms with Crippen LogP contribution in [0.1, 0.15) is 19.3 Å². The second-order valence-electron chi connectivity index (χ2n) is 6.10. The van der Waals surface area contributed by atoms with Gasteiger partial charge in [-0.1, -0.05) is 28.4 Å². The van der Waals surface area contributed by atoms with Crippen molar-refractivity contribution in [2.75, 3.05) is 32.9 Å². The molecule has 0 amide bonds. The van der Waals surface area contributed by atoms with Gasteiger partial charge in [-0.3, -0.25) is 0 Å². The van der Waals surface area contributed by atoms with E-state index in [4.69, 9.17) is 9.47 Å². The number of benzene rings is 1. The van der Waals surface area contributed by atoms with Gasteiger partial charge in [-0.2, -0.15) is 0 Å². The fraction of sp³-hybridized carbons (Fsp3) is 0.647. The van der Waals surface area contributed by atoms with Crippen LogP contribution in [-0.2, 0) is 4.74 Å². The number of ether oxygens (including phenoxy) is 2. The minimum absolute atomic E-state index is 0.514. The molecule has 1 heterocycles. The van der Waals surface area contributed by atoms with Crippen LogP contribution in [0.2, 0.25) is 0 Å². The topological polar surface area (TPSA) is 42.5 Å². The third kappa shape index (κ3) is 4.44. The molecular weight excluding hydrogens is 344 g/mol. The standard InChI is InChI=1S/C17H25BrN2O2/c18-13-3-1-4-14(11-13)22-10-8-19-16-6-2-5-15(16)17-12-21-9-7-20-17/h1,3-4,11,15-17,19-20H,2,5-10,12H2. The second-order valence-corrected chi connectivity index (χ2v) is 7.01. The van der Waals surface area contributed by atoms with E-state index < -0.39 is 0 Å². The van der Waals surface area contributed by atoms with Crippen LogP contribution < -0.4 is 15.4 Å². The van der Waals surface area contributed by atoms with Crippen molar-refractivity contribution in [1.82, 2.24) is 10.6 Å². The van der Waals surface area contributed by atoms with Crippen LogP contribution in [-0.4, -0.2) is 45.0 Å². The normalized spacial score (nSPS) is 28.7. The Kier molecular flexibility index (Phi) is 6.12. The van der Waals surface area contributed by atoms with E-state index in [2.05, 4.69) is 26.6 Å². The summed E-state index contributed by atoms with van der Waals surface area (Å²) in [7, 11) is 0. The molecule has 1 aliphatic carbocycles. The summed E-state index contributed by atoms with van der Waals surface area (Å²) in [6, 6.07) is 9.10. The van der Waals surface area contributed by atoms with Gasteiger partial charge >= 0.3 is 0 Å². The van der Waals surface area contributed by atoms with Gasteiger partial charge in [-0.15, -0.1) is 0 Å². The SMILES string of the molecule is Brc1cccc(OCCNC2CCCC2C2COCCN2)c1. The molecule has 3 unspecified atom stereocenters. The number of nitrogens with one attached hydrogen (secondary N) is 2. The van der Waals surface area contributed by atoms with Gasteiger partial charge in [0.05, 0.1) is 13.2 Å². The average Bonchev–Trinajstić information content (AvgIpc) is 3.01. The molecule has 22 heavy (non-hydrogen) atoms. The minimum Gasteiger partial charge on any atom is -0.492 e. The summed E-state index contributed by atoms with van der Waals surface area (Å²) in [5, 5.41) is 7.29. The van der Waals surface area contributed by atoms with Gasteiger partial charge in [0.25, 0.3) is 0 Å². The molecule has 122 valence electrons. The van der Waals surface area contributed by atoms with Crippen LogP contribution in [0.5, 0.6) is 5.75 Å². The molecule has 1 saturated carbocycles. The van der Waals surface area contributed by atoms with Crippen LogP contribution in [0.15, 0.2) is 28.7 Å². The molecule has 0 spiro atoms. The molecule has 1 aromatic carbocycles. The molecule has 0 radical (unpaired) electrons. The van der Waals surface area contributed by atoms with Gasteiger partial charge in [-0.05, 0) is 37.0 Å². The number of rotatable bonds is 6. The highest BCUT2D eigenvalue weighted by Gasteiger charge is 2.34. The number of morpholine rings is 1. The van der Waals surface area contributed by atoms with Crippen LogP contribution in [0.4, 0.5) is 0 Å². The van der Waals surface area contributed by atoms with Crippen LogP contribution in [0, 0.1) is 5.92 Å². The summed E-state index contributed by atoms with van der Waals surface area (Å²) in [5.74, 6) is 1.60. The highest BCUT2D eigenvalue weighted by molar-refractivity contribution is 9.10. The number of hydrogen-bond donors (Lipinski definition) is 2. The predicted octanol–water partition coefficient (Wildman–Crippen LogP) is 2.57. The summed E-state index contributed by atoms with van der Waals surface area (Å²) in [6.07, 6.45) is 3.87. The zero-order valence-corrected chi connectivity index (χ0v) is 14.5. The highest BCUT2D eigenvalue weighted by Crippen LogP contribution is 2.29. The molecule has 1 saturated heterocycles. The predicted molar refractivity (Wildman–Crippen MR) is 91.4 cm³/mol. The number of halogens is 1. The molecule has 4 nitrogen and oxygen atoms in total. The van der Waals surface area contributed by atoms with E-state index in [1.807, 2.05) is 24.3 Å². The molecule has 3 rings (SSSR count). The molecule has 0 bridgehead atoms. The molecular formula is C17H25BrN2O2. The number of hydrogen-bond acceptors (Lipinski definition) is 4. The Morgan fingerprint density at radius 1 is 1.36 bits per heavy atom. The van der Waals surface area contributed by atoms with Crippen LogP contribution in [0.3, 0.4) is 0 Å². The van der Waals surface area contributed by atoms with E-state index >= 15 is 0 Å². The monoisotopic (exact) mass is 368 g/mol. The van der Waals surface area contributed by atoms with Crippen molar-refractivity contribution in [2.45, 2.75) is 31.3 Å². The average molecular weight is 369 g/mol. The van der Waals surface area contributed by atoms with Crippen molar-refractivity contribution in [3.05, 3.63) is 28.7 Å². The summed E-state index contributed by atoms with van der Waals surface area (Å²) < 4.78 is 12.5. The molecule has 2 N–H and O–H groups in total. The van der Waals surface area contributed by atoms with Gasteiger partial charge in [0, 0.05) is 29.6 Å². The van der Waals surface area contributed by atoms with Crippen molar-refractivity contribution >= 4 is 15.9 Å². The Morgan fingerprint density at radius 3 is 3.14 bits per heavy atom.